The lowest BCUT2D eigenvalue weighted by molar-refractivity contribution is -0.232. The predicted octanol–water partition coefficient (Wildman–Crippen LogP) is 1.66. The van der Waals surface area contributed by atoms with Crippen LogP contribution >= 0.6 is 0 Å². The quantitative estimate of drug-likeness (QED) is 0.528. The Morgan fingerprint density at radius 1 is 1.27 bits per heavy atom. The average Bonchev–Trinajstić information content (AvgIpc) is 3.46. The van der Waals surface area contributed by atoms with Gasteiger partial charge in [0.05, 0.1) is 25.4 Å². The summed E-state index contributed by atoms with van der Waals surface area (Å²) in [5, 5.41) is 32.9. The van der Waals surface area contributed by atoms with Crippen LogP contribution in [0.25, 0.3) is 0 Å². The number of hydrogen-bond acceptors (Lipinski definition) is 7. The Bertz CT molecular complexity index is 914. The van der Waals surface area contributed by atoms with Crippen molar-refractivity contribution < 1.29 is 38.8 Å². The molecule has 9 atom stereocenters. The van der Waals surface area contributed by atoms with E-state index in [1.807, 2.05) is 13.8 Å². The molecule has 1 unspecified atom stereocenters. The number of carbonyl (C=O) groups is 2. The maximum Gasteiger partial charge on any atom is 0.192 e. The summed E-state index contributed by atoms with van der Waals surface area (Å²) in [7, 11) is 0. The molecule has 5 aliphatic rings. The van der Waals surface area contributed by atoms with Gasteiger partial charge >= 0.3 is 0 Å². The minimum absolute atomic E-state index is 0.00676. The van der Waals surface area contributed by atoms with Crippen LogP contribution in [0.2, 0.25) is 0 Å². The molecule has 1 saturated heterocycles. The van der Waals surface area contributed by atoms with Gasteiger partial charge in [0.1, 0.15) is 17.9 Å². The molecule has 5 rings (SSSR count). The Hall–Kier alpha value is -1.19. The molecule has 0 aromatic carbocycles. The van der Waals surface area contributed by atoms with Crippen LogP contribution in [0.5, 0.6) is 0 Å². The van der Waals surface area contributed by atoms with Crippen LogP contribution in [0.1, 0.15) is 59.3 Å². The van der Waals surface area contributed by atoms with E-state index in [1.165, 1.54) is 0 Å². The number of carbonyl (C=O) groups excluding carboxylic acids is 2. The van der Waals surface area contributed by atoms with E-state index >= 15 is 4.39 Å². The molecule has 4 aliphatic carbocycles. The van der Waals surface area contributed by atoms with Gasteiger partial charge in [0.15, 0.2) is 17.2 Å². The fraction of sp³-hybridized carbons (Fsp3) is 0.840. The van der Waals surface area contributed by atoms with Gasteiger partial charge in [-0.05, 0) is 51.0 Å². The molecule has 0 spiro atoms. The maximum atomic E-state index is 17.2. The van der Waals surface area contributed by atoms with E-state index < -0.39 is 64.1 Å². The first kappa shape index (κ1) is 23.5. The number of Topliss-reactive ketones (excluding diaryl/α,β-unsaturated/α-hetero) is 1. The lowest BCUT2D eigenvalue weighted by atomic mass is 9.44. The Morgan fingerprint density at radius 3 is 2.61 bits per heavy atom. The monoisotopic (exact) mass is 466 g/mol. The lowest BCUT2D eigenvalue weighted by Gasteiger charge is -2.63. The molecule has 3 N–H and O–H groups in total. The molecule has 0 bridgehead atoms. The molecule has 3 saturated carbocycles. The predicted molar refractivity (Wildman–Crippen MR) is 115 cm³/mol. The molecule has 0 aromatic heterocycles. The molecule has 0 aromatic rings. The number of hydrogen-bond donors (Lipinski definition) is 3. The molecule has 1 heterocycles. The first-order valence-corrected chi connectivity index (χ1v) is 12.1. The van der Waals surface area contributed by atoms with Crippen molar-refractivity contribution in [2.45, 2.75) is 88.4 Å². The molecule has 0 amide bonds. The van der Waals surface area contributed by atoms with E-state index in [9.17, 15) is 24.9 Å². The molecule has 33 heavy (non-hydrogen) atoms. The third kappa shape index (κ3) is 2.91. The molecular formula is C25H35FO7. The summed E-state index contributed by atoms with van der Waals surface area (Å²) >= 11 is 0. The first-order valence-electron chi connectivity index (χ1n) is 12.1. The van der Waals surface area contributed by atoms with Crippen LogP contribution in [-0.4, -0.2) is 75.8 Å². The van der Waals surface area contributed by atoms with Crippen molar-refractivity contribution in [2.24, 2.45) is 22.7 Å². The Kier molecular flexibility index (Phi) is 5.11. The SMILES string of the molecule is CC1(CO[C@@H]2C[C@H]3[C@@H]4CCC5=CC(=O)CC[C@]5(C)[C@@]4(F)[C@@H](O)C[C@]3(C)[C@@]2(O)C(=O)CO)CO1. The van der Waals surface area contributed by atoms with Crippen LogP contribution in [-0.2, 0) is 19.1 Å². The van der Waals surface area contributed by atoms with Crippen molar-refractivity contribution in [3.63, 3.8) is 0 Å². The van der Waals surface area contributed by atoms with Gasteiger partial charge in [0.2, 0.25) is 0 Å². The zero-order chi connectivity index (χ0) is 24.0. The number of fused-ring (bicyclic) bond motifs is 5. The number of epoxide rings is 1. The number of aliphatic hydroxyl groups is 3. The number of rotatable bonds is 5. The van der Waals surface area contributed by atoms with Crippen molar-refractivity contribution in [2.75, 3.05) is 19.8 Å². The zero-order valence-corrected chi connectivity index (χ0v) is 19.6. The van der Waals surface area contributed by atoms with E-state index in [0.29, 0.717) is 25.9 Å². The molecule has 0 radical (unpaired) electrons. The largest absolute Gasteiger partial charge is 0.390 e. The number of ketones is 2. The Balaban J connectivity index is 1.56. The molecule has 1 aliphatic heterocycles. The number of allylic oxidation sites excluding steroid dienone is 1. The lowest BCUT2D eigenvalue weighted by Crippen LogP contribution is -2.70. The second-order valence-corrected chi connectivity index (χ2v) is 11.7. The van der Waals surface area contributed by atoms with Crippen LogP contribution < -0.4 is 0 Å². The summed E-state index contributed by atoms with van der Waals surface area (Å²) < 4.78 is 28.7. The van der Waals surface area contributed by atoms with Gasteiger partial charge in [-0.15, -0.1) is 0 Å². The van der Waals surface area contributed by atoms with E-state index in [-0.39, 0.29) is 31.7 Å². The first-order chi connectivity index (χ1) is 15.4. The fourth-order valence-electron chi connectivity index (χ4n) is 7.85. The number of aliphatic hydroxyl groups excluding tert-OH is 2. The van der Waals surface area contributed by atoms with Gasteiger partial charge in [-0.1, -0.05) is 19.4 Å². The van der Waals surface area contributed by atoms with Gasteiger partial charge in [-0.25, -0.2) is 4.39 Å². The minimum Gasteiger partial charge on any atom is -0.390 e. The van der Waals surface area contributed by atoms with E-state index in [2.05, 4.69) is 0 Å². The maximum absolute atomic E-state index is 17.2. The van der Waals surface area contributed by atoms with E-state index in [4.69, 9.17) is 9.47 Å². The number of halogens is 1. The van der Waals surface area contributed by atoms with E-state index in [0.717, 1.165) is 5.57 Å². The van der Waals surface area contributed by atoms with Crippen molar-refractivity contribution in [1.82, 2.24) is 0 Å². The Labute approximate surface area is 193 Å². The molecule has 184 valence electrons. The van der Waals surface area contributed by atoms with Gasteiger partial charge < -0.3 is 24.8 Å². The van der Waals surface area contributed by atoms with Gasteiger partial charge in [0.25, 0.3) is 0 Å². The summed E-state index contributed by atoms with van der Waals surface area (Å²) in [5.74, 6) is -1.81. The topological polar surface area (TPSA) is 117 Å². The van der Waals surface area contributed by atoms with Crippen molar-refractivity contribution in [1.29, 1.82) is 0 Å². The van der Waals surface area contributed by atoms with Crippen LogP contribution in [0.4, 0.5) is 4.39 Å². The van der Waals surface area contributed by atoms with Gasteiger partial charge in [-0.3, -0.25) is 9.59 Å². The highest BCUT2D eigenvalue weighted by molar-refractivity contribution is 5.92. The van der Waals surface area contributed by atoms with Gasteiger partial charge in [0, 0.05) is 23.2 Å². The molecule has 4 fully saturated rings. The molecular weight excluding hydrogens is 431 g/mol. The van der Waals surface area contributed by atoms with Crippen molar-refractivity contribution in [3.8, 4) is 0 Å². The summed E-state index contributed by atoms with van der Waals surface area (Å²) in [6.07, 6.45) is 0.867. The van der Waals surface area contributed by atoms with Crippen molar-refractivity contribution >= 4 is 11.6 Å². The Morgan fingerprint density at radius 2 is 1.97 bits per heavy atom. The summed E-state index contributed by atoms with van der Waals surface area (Å²) in [4.78, 5) is 25.0. The third-order valence-corrected chi connectivity index (χ3v) is 10.0. The number of ether oxygens (including phenoxy) is 2. The highest BCUT2D eigenvalue weighted by Gasteiger charge is 2.76. The smallest absolute Gasteiger partial charge is 0.192 e. The second kappa shape index (κ2) is 7.17. The minimum atomic E-state index is -2.04. The zero-order valence-electron chi connectivity index (χ0n) is 19.6. The average molecular weight is 467 g/mol. The summed E-state index contributed by atoms with van der Waals surface area (Å²) in [5.41, 5.74) is -5.87. The highest BCUT2D eigenvalue weighted by atomic mass is 19.1. The van der Waals surface area contributed by atoms with E-state index in [1.54, 1.807) is 13.0 Å². The molecule has 8 heteroatoms. The number of alkyl halides is 1. The standard InChI is InChI=1S/C25H35FO7/c1-21(13-33-21)12-32-20-9-17-16-5-4-14-8-15(28)6-7-22(14,2)24(16,26)18(29)10-23(17,3)25(20,31)19(30)11-27/h8,16-18,20,27,29,31H,4-7,9-13H2,1-3H3/t16-,17-,18-,20+,21?,22-,23-,24-,25+/m0/s1. The van der Waals surface area contributed by atoms with Crippen molar-refractivity contribution in [3.05, 3.63) is 11.6 Å². The highest BCUT2D eigenvalue weighted by Crippen LogP contribution is 2.70. The van der Waals surface area contributed by atoms with Crippen LogP contribution in [0.3, 0.4) is 0 Å². The second-order valence-electron chi connectivity index (χ2n) is 11.7. The summed E-state index contributed by atoms with van der Waals surface area (Å²) in [6, 6.07) is 0. The van der Waals surface area contributed by atoms with Gasteiger partial charge in [-0.2, -0.15) is 0 Å². The normalized spacial score (nSPS) is 53.1. The third-order valence-electron chi connectivity index (χ3n) is 10.0. The summed E-state index contributed by atoms with van der Waals surface area (Å²) in [6.45, 7) is 5.25. The van der Waals surface area contributed by atoms with Crippen LogP contribution in [0, 0.1) is 22.7 Å². The van der Waals surface area contributed by atoms with Crippen LogP contribution in [0.15, 0.2) is 11.6 Å². The molecule has 7 nitrogen and oxygen atoms in total. The fourth-order valence-corrected chi connectivity index (χ4v) is 7.85.